The normalized spacial score (nSPS) is 11.1. The molecule has 0 bridgehead atoms. The number of halogens is 1. The van der Waals surface area contributed by atoms with Crippen LogP contribution in [0.5, 0.6) is 0 Å². The maximum absolute atomic E-state index is 5.68. The summed E-state index contributed by atoms with van der Waals surface area (Å²) in [4.78, 5) is 0. The van der Waals surface area contributed by atoms with E-state index in [4.69, 9.17) is 3.07 Å². The van der Waals surface area contributed by atoms with Gasteiger partial charge in [-0.05, 0) is 0 Å². The van der Waals surface area contributed by atoms with E-state index in [9.17, 15) is 0 Å². The third kappa shape index (κ3) is 2.58. The zero-order chi connectivity index (χ0) is 10.5. The second-order valence-corrected chi connectivity index (χ2v) is 7.79. The van der Waals surface area contributed by atoms with Crippen molar-refractivity contribution in [3.63, 3.8) is 0 Å². The Morgan fingerprint density at radius 1 is 0.733 bits per heavy atom. The SMILES string of the molecule is COI(c1ccccc1)c1ccccc1. The second-order valence-electron chi connectivity index (χ2n) is 2.99. The molecule has 1 nitrogen and oxygen atoms in total. The first-order valence-electron chi connectivity index (χ1n) is 4.76. The van der Waals surface area contributed by atoms with Crippen molar-refractivity contribution < 1.29 is 3.07 Å². The summed E-state index contributed by atoms with van der Waals surface area (Å²) < 4.78 is 8.36. The Kier molecular flexibility index (Phi) is 3.75. The Bertz CT molecular complexity index is 360. The summed E-state index contributed by atoms with van der Waals surface area (Å²) in [5, 5.41) is 0. The molecule has 0 spiro atoms. The fraction of sp³-hybridized carbons (Fsp3) is 0.0769. The first kappa shape index (κ1) is 10.6. The van der Waals surface area contributed by atoms with Crippen LogP contribution in [0.2, 0.25) is 0 Å². The molecule has 0 amide bonds. The molecule has 0 aromatic heterocycles. The first-order chi connectivity index (χ1) is 7.42. The standard InChI is InChI=1S/C13H13IO/c1-15-14(12-8-4-2-5-9-12)13-10-6-3-7-11-13/h2-11H,1H3. The Balaban J connectivity index is 2.34. The van der Waals surface area contributed by atoms with E-state index in [1.807, 2.05) is 19.2 Å². The van der Waals surface area contributed by atoms with Crippen molar-refractivity contribution in [2.75, 3.05) is 7.11 Å². The van der Waals surface area contributed by atoms with E-state index in [0.717, 1.165) is 0 Å². The third-order valence-corrected chi connectivity index (χ3v) is 6.60. The number of hydrogen-bond donors (Lipinski definition) is 0. The number of hydrogen-bond acceptors (Lipinski definition) is 1. The van der Waals surface area contributed by atoms with Crippen LogP contribution in [0, 0.1) is 7.14 Å². The van der Waals surface area contributed by atoms with Crippen molar-refractivity contribution in [1.29, 1.82) is 0 Å². The fourth-order valence-electron chi connectivity index (χ4n) is 1.36. The van der Waals surface area contributed by atoms with Crippen LogP contribution in [0.4, 0.5) is 0 Å². The van der Waals surface area contributed by atoms with E-state index in [0.29, 0.717) is 0 Å². The van der Waals surface area contributed by atoms with Crippen LogP contribution in [0.1, 0.15) is 0 Å². The Morgan fingerprint density at radius 3 is 1.47 bits per heavy atom. The Hall–Kier alpha value is -0.870. The van der Waals surface area contributed by atoms with E-state index in [1.165, 1.54) is 7.14 Å². The van der Waals surface area contributed by atoms with Gasteiger partial charge in [-0.2, -0.15) is 0 Å². The van der Waals surface area contributed by atoms with Gasteiger partial charge in [0.15, 0.2) is 0 Å². The van der Waals surface area contributed by atoms with Crippen molar-refractivity contribution in [1.82, 2.24) is 0 Å². The summed E-state index contributed by atoms with van der Waals surface area (Å²) in [5.41, 5.74) is 0. The van der Waals surface area contributed by atoms with Gasteiger partial charge >= 0.3 is 98.2 Å². The molecule has 0 saturated carbocycles. The molecule has 0 heterocycles. The van der Waals surface area contributed by atoms with Gasteiger partial charge in [0.1, 0.15) is 0 Å². The Morgan fingerprint density at radius 2 is 1.13 bits per heavy atom. The van der Waals surface area contributed by atoms with Gasteiger partial charge in [0.05, 0.1) is 0 Å². The first-order valence-corrected chi connectivity index (χ1v) is 7.80. The van der Waals surface area contributed by atoms with Crippen LogP contribution in [-0.2, 0) is 3.07 Å². The molecule has 0 radical (unpaired) electrons. The third-order valence-electron chi connectivity index (χ3n) is 2.02. The fourth-order valence-corrected chi connectivity index (χ4v) is 5.24. The summed E-state index contributed by atoms with van der Waals surface area (Å²) >= 11 is -1.62. The predicted octanol–water partition coefficient (Wildman–Crippen LogP) is 3.79. The molecule has 0 aliphatic carbocycles. The quantitative estimate of drug-likeness (QED) is 0.784. The molecule has 0 atom stereocenters. The molecule has 15 heavy (non-hydrogen) atoms. The zero-order valence-corrected chi connectivity index (χ0v) is 10.7. The van der Waals surface area contributed by atoms with E-state index in [-0.39, 0.29) is 0 Å². The topological polar surface area (TPSA) is 9.23 Å². The average molecular weight is 312 g/mol. The summed E-state index contributed by atoms with van der Waals surface area (Å²) in [7, 11) is 1.81. The van der Waals surface area contributed by atoms with E-state index < -0.39 is 20.2 Å². The van der Waals surface area contributed by atoms with Crippen LogP contribution in [0.15, 0.2) is 60.7 Å². The minimum absolute atomic E-state index is 1.34. The van der Waals surface area contributed by atoms with Gasteiger partial charge in [-0.15, -0.1) is 0 Å². The molecule has 2 heteroatoms. The molecule has 0 unspecified atom stereocenters. The molecule has 0 saturated heterocycles. The van der Waals surface area contributed by atoms with Crippen LogP contribution in [0.3, 0.4) is 0 Å². The summed E-state index contributed by atoms with van der Waals surface area (Å²) in [6, 6.07) is 21.0. The van der Waals surface area contributed by atoms with Gasteiger partial charge < -0.3 is 0 Å². The van der Waals surface area contributed by atoms with Crippen LogP contribution in [-0.4, -0.2) is 7.11 Å². The van der Waals surface area contributed by atoms with E-state index in [2.05, 4.69) is 48.5 Å². The molecule has 2 aromatic rings. The van der Waals surface area contributed by atoms with Gasteiger partial charge in [-0.3, -0.25) is 0 Å². The average Bonchev–Trinajstić information content (AvgIpc) is 2.33. The molecule has 0 aliphatic rings. The van der Waals surface area contributed by atoms with Crippen LogP contribution < -0.4 is 0 Å². The van der Waals surface area contributed by atoms with Crippen molar-refractivity contribution >= 4 is 20.2 Å². The van der Waals surface area contributed by atoms with Gasteiger partial charge in [-0.1, -0.05) is 0 Å². The van der Waals surface area contributed by atoms with Crippen LogP contribution in [0.25, 0.3) is 0 Å². The van der Waals surface area contributed by atoms with Crippen molar-refractivity contribution in [2.24, 2.45) is 0 Å². The molecule has 2 aromatic carbocycles. The van der Waals surface area contributed by atoms with Crippen molar-refractivity contribution in [3.05, 3.63) is 67.8 Å². The number of benzene rings is 2. The zero-order valence-electron chi connectivity index (χ0n) is 8.56. The van der Waals surface area contributed by atoms with Crippen molar-refractivity contribution in [2.45, 2.75) is 0 Å². The predicted molar refractivity (Wildman–Crippen MR) is 71.3 cm³/mol. The van der Waals surface area contributed by atoms with Gasteiger partial charge in [0.25, 0.3) is 0 Å². The summed E-state index contributed by atoms with van der Waals surface area (Å²) in [6.07, 6.45) is 0. The summed E-state index contributed by atoms with van der Waals surface area (Å²) in [5.74, 6) is 0. The molecule has 2 rings (SSSR count). The molecule has 0 aliphatic heterocycles. The molecule has 0 N–H and O–H groups in total. The minimum atomic E-state index is -1.62. The van der Waals surface area contributed by atoms with Crippen LogP contribution >= 0.6 is 20.2 Å². The summed E-state index contributed by atoms with van der Waals surface area (Å²) in [6.45, 7) is 0. The molecule has 78 valence electrons. The van der Waals surface area contributed by atoms with Gasteiger partial charge in [-0.25, -0.2) is 0 Å². The van der Waals surface area contributed by atoms with Crippen molar-refractivity contribution in [3.8, 4) is 0 Å². The Labute approximate surface area is 98.0 Å². The maximum atomic E-state index is 5.68. The molecule has 0 fully saturated rings. The monoisotopic (exact) mass is 312 g/mol. The van der Waals surface area contributed by atoms with E-state index >= 15 is 0 Å². The molecular weight excluding hydrogens is 299 g/mol. The second kappa shape index (κ2) is 5.28. The van der Waals surface area contributed by atoms with Gasteiger partial charge in [0, 0.05) is 0 Å². The van der Waals surface area contributed by atoms with Gasteiger partial charge in [0.2, 0.25) is 0 Å². The molecular formula is C13H13IO. The van der Waals surface area contributed by atoms with E-state index in [1.54, 1.807) is 0 Å². The number of rotatable bonds is 3.